The van der Waals surface area contributed by atoms with E-state index in [1.165, 1.54) is 22.0 Å². The van der Waals surface area contributed by atoms with Crippen molar-refractivity contribution >= 4 is 32.4 Å². The van der Waals surface area contributed by atoms with Crippen molar-refractivity contribution in [3.05, 3.63) is 76.4 Å². The molecule has 0 aliphatic heterocycles. The zero-order valence-corrected chi connectivity index (χ0v) is 12.2. The summed E-state index contributed by atoms with van der Waals surface area (Å²) >= 11 is 3.47. The van der Waals surface area contributed by atoms with Crippen LogP contribution in [0.25, 0.3) is 16.5 Å². The third-order valence-electron chi connectivity index (χ3n) is 3.26. The average molecular weight is 312 g/mol. The molecule has 0 amide bonds. The predicted molar refractivity (Wildman–Crippen MR) is 85.2 cm³/mol. The molecule has 1 nitrogen and oxygen atoms in total. The van der Waals surface area contributed by atoms with E-state index >= 15 is 0 Å². The van der Waals surface area contributed by atoms with E-state index in [1.807, 2.05) is 0 Å². The molecule has 0 fully saturated rings. The van der Waals surface area contributed by atoms with Crippen LogP contribution in [-0.4, -0.2) is 4.98 Å². The Hall–Kier alpha value is -1.80. The summed E-state index contributed by atoms with van der Waals surface area (Å²) in [5.41, 5.74) is 4.78. The summed E-state index contributed by atoms with van der Waals surface area (Å²) in [7, 11) is 0. The van der Waals surface area contributed by atoms with Crippen LogP contribution in [0.3, 0.4) is 0 Å². The van der Waals surface area contributed by atoms with Crippen LogP contribution in [0.1, 0.15) is 18.2 Å². The van der Waals surface area contributed by atoms with Crippen LogP contribution < -0.4 is 0 Å². The summed E-state index contributed by atoms with van der Waals surface area (Å²) in [5, 5.41) is 1.24. The van der Waals surface area contributed by atoms with Crippen LogP contribution in [0.5, 0.6) is 0 Å². The van der Waals surface area contributed by atoms with Crippen molar-refractivity contribution in [2.75, 3.05) is 0 Å². The molecule has 3 aromatic rings. The Morgan fingerprint density at radius 1 is 1.05 bits per heavy atom. The molecule has 2 aromatic carbocycles. The van der Waals surface area contributed by atoms with Crippen LogP contribution in [0.15, 0.2) is 65.1 Å². The van der Waals surface area contributed by atoms with Gasteiger partial charge < -0.3 is 4.98 Å². The molecule has 0 aliphatic rings. The Kier molecular flexibility index (Phi) is 3.26. The van der Waals surface area contributed by atoms with Crippen molar-refractivity contribution in [3.8, 4) is 0 Å². The van der Waals surface area contributed by atoms with Gasteiger partial charge in [0.05, 0.1) is 0 Å². The van der Waals surface area contributed by atoms with Crippen LogP contribution in [0, 0.1) is 0 Å². The Morgan fingerprint density at radius 2 is 1.79 bits per heavy atom. The van der Waals surface area contributed by atoms with Gasteiger partial charge in [-0.25, -0.2) is 0 Å². The van der Waals surface area contributed by atoms with Gasteiger partial charge in [-0.05, 0) is 36.8 Å². The molecule has 0 radical (unpaired) electrons. The molecule has 2 heteroatoms. The summed E-state index contributed by atoms with van der Waals surface area (Å²) in [6, 6.07) is 19.0. The molecule has 0 saturated heterocycles. The summed E-state index contributed by atoms with van der Waals surface area (Å²) in [6.45, 7) is 2.07. The molecular formula is C17H14BrN. The van der Waals surface area contributed by atoms with Crippen molar-refractivity contribution in [3.63, 3.8) is 0 Å². The minimum Gasteiger partial charge on any atom is -0.355 e. The molecule has 3 rings (SSSR count). The second-order valence-electron chi connectivity index (χ2n) is 4.48. The van der Waals surface area contributed by atoms with Crippen molar-refractivity contribution in [1.29, 1.82) is 0 Å². The highest BCUT2D eigenvalue weighted by Gasteiger charge is 2.07. The van der Waals surface area contributed by atoms with Crippen LogP contribution in [-0.2, 0) is 0 Å². The number of allylic oxidation sites excluding steroid dienone is 1. The first-order valence-corrected chi connectivity index (χ1v) is 7.07. The lowest BCUT2D eigenvalue weighted by atomic mass is 10.0. The number of benzene rings is 2. The normalized spacial score (nSPS) is 12.0. The highest BCUT2D eigenvalue weighted by molar-refractivity contribution is 9.10. The van der Waals surface area contributed by atoms with E-state index < -0.39 is 0 Å². The lowest BCUT2D eigenvalue weighted by molar-refractivity contribution is 1.38. The van der Waals surface area contributed by atoms with Gasteiger partial charge in [-0.2, -0.15) is 0 Å². The number of fused-ring (bicyclic) bond motifs is 1. The van der Waals surface area contributed by atoms with Crippen LogP contribution in [0.4, 0.5) is 0 Å². The van der Waals surface area contributed by atoms with E-state index in [0.29, 0.717) is 0 Å². The van der Waals surface area contributed by atoms with E-state index in [-0.39, 0.29) is 0 Å². The van der Waals surface area contributed by atoms with E-state index in [2.05, 4.69) is 88.5 Å². The maximum absolute atomic E-state index is 3.48. The van der Waals surface area contributed by atoms with Crippen LogP contribution >= 0.6 is 15.9 Å². The minimum atomic E-state index is 1.10. The average Bonchev–Trinajstić information content (AvgIpc) is 2.85. The number of hydrogen-bond donors (Lipinski definition) is 1. The molecule has 0 aliphatic carbocycles. The lowest BCUT2D eigenvalue weighted by Crippen LogP contribution is -1.87. The fraction of sp³-hybridized carbons (Fsp3) is 0.0588. The first kappa shape index (κ1) is 12.2. The smallest absolute Gasteiger partial charge is 0.0467 e. The van der Waals surface area contributed by atoms with Gasteiger partial charge in [0.15, 0.2) is 0 Å². The minimum absolute atomic E-state index is 1.10. The van der Waals surface area contributed by atoms with Gasteiger partial charge in [0.2, 0.25) is 0 Å². The van der Waals surface area contributed by atoms with Gasteiger partial charge >= 0.3 is 0 Å². The van der Waals surface area contributed by atoms with E-state index in [9.17, 15) is 0 Å². The molecular weight excluding hydrogens is 298 g/mol. The van der Waals surface area contributed by atoms with Gasteiger partial charge in [-0.1, -0.05) is 52.3 Å². The molecule has 19 heavy (non-hydrogen) atoms. The van der Waals surface area contributed by atoms with Gasteiger partial charge in [0.25, 0.3) is 0 Å². The van der Waals surface area contributed by atoms with Crippen LogP contribution in [0.2, 0.25) is 0 Å². The molecule has 94 valence electrons. The summed E-state index contributed by atoms with van der Waals surface area (Å²) < 4.78 is 1.10. The predicted octanol–water partition coefficient (Wildman–Crippen LogP) is 5.38. The summed E-state index contributed by atoms with van der Waals surface area (Å²) in [5.74, 6) is 0. The van der Waals surface area contributed by atoms with Gasteiger partial charge in [-0.3, -0.25) is 0 Å². The van der Waals surface area contributed by atoms with Gasteiger partial charge in [0.1, 0.15) is 0 Å². The van der Waals surface area contributed by atoms with Crippen molar-refractivity contribution in [1.82, 2.24) is 4.98 Å². The number of rotatable bonds is 2. The maximum Gasteiger partial charge on any atom is 0.0467 e. The Balaban J connectivity index is 2.09. The SMILES string of the molecule is C/C=C(\c1ccc(Br)cc1)c1cc2ccccc2[nH]1. The topological polar surface area (TPSA) is 15.8 Å². The number of halogens is 1. The first-order chi connectivity index (χ1) is 9.28. The van der Waals surface area contributed by atoms with E-state index in [0.717, 1.165) is 10.2 Å². The maximum atomic E-state index is 3.48. The Labute approximate surface area is 121 Å². The number of aromatic amines is 1. The number of hydrogen-bond acceptors (Lipinski definition) is 0. The molecule has 1 N–H and O–H groups in total. The summed E-state index contributed by atoms with van der Waals surface area (Å²) in [4.78, 5) is 3.48. The molecule has 0 unspecified atom stereocenters. The lowest BCUT2D eigenvalue weighted by Gasteiger charge is -2.05. The standard InChI is InChI=1S/C17H14BrN/c1-2-15(12-7-9-14(18)10-8-12)17-11-13-5-3-4-6-16(13)19-17/h2-11,19H,1H3/b15-2+. The molecule has 1 aromatic heterocycles. The summed E-state index contributed by atoms with van der Waals surface area (Å²) in [6.07, 6.45) is 2.15. The van der Waals surface area contributed by atoms with E-state index in [1.54, 1.807) is 0 Å². The highest BCUT2D eigenvalue weighted by Crippen LogP contribution is 2.27. The quantitative estimate of drug-likeness (QED) is 0.653. The zero-order chi connectivity index (χ0) is 13.2. The molecule has 1 heterocycles. The second-order valence-corrected chi connectivity index (χ2v) is 5.40. The number of para-hydroxylation sites is 1. The Morgan fingerprint density at radius 3 is 2.47 bits per heavy atom. The molecule has 0 saturated carbocycles. The molecule has 0 bridgehead atoms. The zero-order valence-electron chi connectivity index (χ0n) is 10.7. The fourth-order valence-corrected chi connectivity index (χ4v) is 2.59. The molecule has 0 atom stereocenters. The van der Waals surface area contributed by atoms with Gasteiger partial charge in [-0.15, -0.1) is 0 Å². The highest BCUT2D eigenvalue weighted by atomic mass is 79.9. The molecule has 0 spiro atoms. The fourth-order valence-electron chi connectivity index (χ4n) is 2.33. The number of aromatic nitrogens is 1. The van der Waals surface area contributed by atoms with E-state index in [4.69, 9.17) is 0 Å². The van der Waals surface area contributed by atoms with Crippen molar-refractivity contribution in [2.24, 2.45) is 0 Å². The largest absolute Gasteiger partial charge is 0.355 e. The third-order valence-corrected chi connectivity index (χ3v) is 3.79. The van der Waals surface area contributed by atoms with Crippen molar-refractivity contribution in [2.45, 2.75) is 6.92 Å². The monoisotopic (exact) mass is 311 g/mol. The third kappa shape index (κ3) is 2.36. The Bertz CT molecular complexity index is 702. The van der Waals surface area contributed by atoms with Gasteiger partial charge in [0, 0.05) is 26.6 Å². The first-order valence-electron chi connectivity index (χ1n) is 6.28. The number of nitrogens with one attached hydrogen (secondary N) is 1. The van der Waals surface area contributed by atoms with Crippen molar-refractivity contribution < 1.29 is 0 Å². The second kappa shape index (κ2) is 5.06. The number of H-pyrrole nitrogens is 1.